The van der Waals surface area contributed by atoms with Crippen molar-refractivity contribution >= 4 is 17.8 Å². The molecule has 1 aliphatic heterocycles. The highest BCUT2D eigenvalue weighted by molar-refractivity contribution is 5.94. The van der Waals surface area contributed by atoms with Crippen LogP contribution >= 0.6 is 0 Å². The zero-order chi connectivity index (χ0) is 14.2. The molecule has 3 rings (SSSR count). The van der Waals surface area contributed by atoms with Crippen LogP contribution in [0.4, 0.5) is 10.6 Å². The van der Waals surface area contributed by atoms with Crippen LogP contribution in [0.5, 0.6) is 0 Å². The molecule has 1 saturated heterocycles. The molecule has 0 radical (unpaired) electrons. The number of likely N-dealkylation sites (tertiary alicyclic amines) is 1. The van der Waals surface area contributed by atoms with Gasteiger partial charge in [-0.05, 0) is 36.8 Å². The van der Waals surface area contributed by atoms with Gasteiger partial charge < -0.3 is 15.3 Å². The molecule has 0 unspecified atom stereocenters. The van der Waals surface area contributed by atoms with Gasteiger partial charge >= 0.3 is 6.09 Å². The van der Waals surface area contributed by atoms with Crippen LogP contribution in [0.1, 0.15) is 19.3 Å². The van der Waals surface area contributed by atoms with E-state index < -0.39 is 6.09 Å². The topological polar surface area (TPSA) is 95.4 Å². The van der Waals surface area contributed by atoms with E-state index in [1.165, 1.54) is 4.90 Å². The van der Waals surface area contributed by atoms with Gasteiger partial charge in [0.25, 0.3) is 0 Å². The second-order valence-electron chi connectivity index (χ2n) is 5.49. The van der Waals surface area contributed by atoms with Gasteiger partial charge in [-0.3, -0.25) is 4.79 Å². The number of rotatable bonds is 2. The summed E-state index contributed by atoms with van der Waals surface area (Å²) in [7, 11) is 0. The number of anilines is 1. The van der Waals surface area contributed by atoms with Crippen molar-refractivity contribution in [1.29, 1.82) is 0 Å². The van der Waals surface area contributed by atoms with Crippen molar-refractivity contribution < 1.29 is 14.7 Å². The lowest BCUT2D eigenvalue weighted by atomic mass is 9.91. The molecule has 2 aliphatic rings. The molecule has 1 aliphatic carbocycles. The Morgan fingerprint density at radius 1 is 1.40 bits per heavy atom. The Labute approximate surface area is 116 Å². The molecule has 7 nitrogen and oxygen atoms in total. The van der Waals surface area contributed by atoms with E-state index in [1.54, 1.807) is 18.3 Å². The van der Waals surface area contributed by atoms with Crippen molar-refractivity contribution in [3.63, 3.8) is 0 Å². The lowest BCUT2D eigenvalue weighted by Gasteiger charge is -2.30. The highest BCUT2D eigenvalue weighted by atomic mass is 16.4. The molecule has 20 heavy (non-hydrogen) atoms. The first-order valence-corrected chi connectivity index (χ1v) is 6.67. The van der Waals surface area contributed by atoms with Crippen molar-refractivity contribution in [3.8, 4) is 0 Å². The van der Waals surface area contributed by atoms with Crippen LogP contribution < -0.4 is 5.32 Å². The summed E-state index contributed by atoms with van der Waals surface area (Å²) >= 11 is 0. The van der Waals surface area contributed by atoms with Gasteiger partial charge in [-0.1, -0.05) is 0 Å². The predicted molar refractivity (Wildman–Crippen MR) is 70.0 cm³/mol. The molecule has 106 valence electrons. The minimum absolute atomic E-state index is 0.00174. The molecular formula is C13H16N4O3. The Morgan fingerprint density at radius 2 is 2.15 bits per heavy atom. The van der Waals surface area contributed by atoms with Gasteiger partial charge in [0.05, 0.1) is 0 Å². The number of carboxylic acid groups (broad SMARTS) is 1. The maximum atomic E-state index is 12.2. The van der Waals surface area contributed by atoms with Gasteiger partial charge in [0, 0.05) is 25.2 Å². The smallest absolute Gasteiger partial charge is 0.407 e. The first-order valence-electron chi connectivity index (χ1n) is 6.67. The van der Waals surface area contributed by atoms with Gasteiger partial charge in [-0.25, -0.2) is 4.79 Å². The van der Waals surface area contributed by atoms with Crippen LogP contribution in [0, 0.1) is 11.3 Å². The summed E-state index contributed by atoms with van der Waals surface area (Å²) in [4.78, 5) is 24.4. The number of nitrogens with one attached hydrogen (secondary N) is 1. The van der Waals surface area contributed by atoms with Crippen LogP contribution in [0.2, 0.25) is 0 Å². The van der Waals surface area contributed by atoms with E-state index in [2.05, 4.69) is 15.5 Å². The minimum atomic E-state index is -0.874. The maximum absolute atomic E-state index is 12.2. The third-order valence-corrected chi connectivity index (χ3v) is 4.36. The van der Waals surface area contributed by atoms with E-state index in [4.69, 9.17) is 5.11 Å². The molecule has 1 spiro atoms. The number of amides is 2. The number of hydrogen-bond acceptors (Lipinski definition) is 4. The SMILES string of the molecule is O=C(Nc1cccnn1)[C@H]1CC12CCN(C(=O)O)CC2. The summed E-state index contributed by atoms with van der Waals surface area (Å²) in [5, 5.41) is 19.2. The number of carbonyl (C=O) groups excluding carboxylic acids is 1. The third-order valence-electron chi connectivity index (χ3n) is 4.36. The third kappa shape index (κ3) is 2.31. The second-order valence-corrected chi connectivity index (χ2v) is 5.49. The Kier molecular flexibility index (Phi) is 3.04. The molecule has 0 aromatic carbocycles. The fourth-order valence-corrected chi connectivity index (χ4v) is 3.00. The van der Waals surface area contributed by atoms with Crippen molar-refractivity contribution in [2.24, 2.45) is 11.3 Å². The molecule has 1 aromatic rings. The van der Waals surface area contributed by atoms with Gasteiger partial charge in [-0.15, -0.1) is 5.10 Å². The summed E-state index contributed by atoms with van der Waals surface area (Å²) in [5.41, 5.74) is -0.00174. The van der Waals surface area contributed by atoms with Crippen molar-refractivity contribution in [2.45, 2.75) is 19.3 Å². The standard InChI is InChI=1S/C13H16N4O3/c18-11(15-10-2-1-5-14-16-10)9-8-13(9)3-6-17(7-4-13)12(19)20/h1-2,5,9H,3-4,6-8H2,(H,19,20)(H,15,16,18)/t9-/m1/s1. The average Bonchev–Trinajstić information content (AvgIpc) is 3.14. The zero-order valence-corrected chi connectivity index (χ0v) is 11.0. The second kappa shape index (κ2) is 4.73. The normalized spacial score (nSPS) is 23.4. The van der Waals surface area contributed by atoms with Crippen LogP contribution in [0.3, 0.4) is 0 Å². The Bertz CT molecular complexity index is 526. The van der Waals surface area contributed by atoms with Gasteiger partial charge in [0.1, 0.15) is 0 Å². The Balaban J connectivity index is 1.56. The molecule has 0 bridgehead atoms. The summed E-state index contributed by atoms with van der Waals surface area (Å²) in [6, 6.07) is 3.42. The number of piperidine rings is 1. The van der Waals surface area contributed by atoms with E-state index in [0.717, 1.165) is 19.3 Å². The molecule has 2 heterocycles. The van der Waals surface area contributed by atoms with Crippen molar-refractivity contribution in [1.82, 2.24) is 15.1 Å². The first-order chi connectivity index (χ1) is 9.61. The maximum Gasteiger partial charge on any atom is 0.407 e. The van der Waals surface area contributed by atoms with Crippen LogP contribution in [-0.4, -0.2) is 45.3 Å². The Morgan fingerprint density at radius 3 is 2.75 bits per heavy atom. The fraction of sp³-hybridized carbons (Fsp3) is 0.538. The lowest BCUT2D eigenvalue weighted by Crippen LogP contribution is -2.39. The highest BCUT2D eigenvalue weighted by Crippen LogP contribution is 2.59. The molecule has 1 aromatic heterocycles. The molecular weight excluding hydrogens is 260 g/mol. The monoisotopic (exact) mass is 276 g/mol. The summed E-state index contributed by atoms with van der Waals surface area (Å²) in [6.07, 6.45) is 3.04. The number of hydrogen-bond donors (Lipinski definition) is 2. The summed E-state index contributed by atoms with van der Waals surface area (Å²) in [6.45, 7) is 1.04. The van der Waals surface area contributed by atoms with Crippen LogP contribution in [0.25, 0.3) is 0 Å². The molecule has 1 atom stereocenters. The van der Waals surface area contributed by atoms with E-state index >= 15 is 0 Å². The molecule has 1 saturated carbocycles. The predicted octanol–water partition coefficient (Wildman–Crippen LogP) is 1.20. The highest BCUT2D eigenvalue weighted by Gasteiger charge is 2.58. The van der Waals surface area contributed by atoms with E-state index in [0.29, 0.717) is 18.9 Å². The van der Waals surface area contributed by atoms with E-state index in [1.807, 2.05) is 0 Å². The van der Waals surface area contributed by atoms with Crippen LogP contribution in [0.15, 0.2) is 18.3 Å². The first kappa shape index (κ1) is 12.8. The number of carbonyl (C=O) groups is 2. The van der Waals surface area contributed by atoms with Gasteiger partial charge in [0.2, 0.25) is 5.91 Å². The van der Waals surface area contributed by atoms with Crippen molar-refractivity contribution in [3.05, 3.63) is 18.3 Å². The summed E-state index contributed by atoms with van der Waals surface area (Å²) in [5.74, 6) is 0.400. The van der Waals surface area contributed by atoms with Gasteiger partial charge in [0.15, 0.2) is 5.82 Å². The van der Waals surface area contributed by atoms with Crippen LogP contribution in [-0.2, 0) is 4.79 Å². The Hall–Kier alpha value is -2.18. The molecule has 2 fully saturated rings. The minimum Gasteiger partial charge on any atom is -0.465 e. The van der Waals surface area contributed by atoms with E-state index in [9.17, 15) is 9.59 Å². The molecule has 2 N–H and O–H groups in total. The largest absolute Gasteiger partial charge is 0.465 e. The average molecular weight is 276 g/mol. The molecule has 7 heteroatoms. The number of aromatic nitrogens is 2. The fourth-order valence-electron chi connectivity index (χ4n) is 3.00. The lowest BCUT2D eigenvalue weighted by molar-refractivity contribution is -0.118. The van der Waals surface area contributed by atoms with Crippen molar-refractivity contribution in [2.75, 3.05) is 18.4 Å². The quantitative estimate of drug-likeness (QED) is 0.846. The summed E-state index contributed by atoms with van der Waals surface area (Å²) < 4.78 is 0. The molecule has 2 amide bonds. The van der Waals surface area contributed by atoms with E-state index in [-0.39, 0.29) is 17.2 Å². The number of nitrogens with zero attached hydrogens (tertiary/aromatic N) is 3. The zero-order valence-electron chi connectivity index (χ0n) is 11.0. The van der Waals surface area contributed by atoms with Gasteiger partial charge in [-0.2, -0.15) is 5.10 Å².